The zero-order valence-electron chi connectivity index (χ0n) is 27.2. The van der Waals surface area contributed by atoms with Gasteiger partial charge in [0.1, 0.15) is 0 Å². The van der Waals surface area contributed by atoms with Gasteiger partial charge >= 0.3 is 0 Å². The van der Waals surface area contributed by atoms with E-state index in [1.165, 1.54) is 32.8 Å². The first kappa shape index (κ1) is 29.4. The van der Waals surface area contributed by atoms with E-state index in [1.807, 2.05) is 42.5 Å². The lowest BCUT2D eigenvalue weighted by molar-refractivity contribution is 1.07. The first-order chi connectivity index (χ1) is 24.8. The van der Waals surface area contributed by atoms with Crippen molar-refractivity contribution in [3.05, 3.63) is 188 Å². The Kier molecular flexibility index (Phi) is 7.49. The van der Waals surface area contributed by atoms with Crippen LogP contribution in [0.2, 0.25) is 0 Å². The highest BCUT2D eigenvalue weighted by Gasteiger charge is 2.16. The van der Waals surface area contributed by atoms with Gasteiger partial charge in [0, 0.05) is 16.7 Å². The SMILES string of the molecule is c1ccc(-c2nc(-c3ccc(-c4ccccc4)c(-c4ccccc4)c3)nc(-c3ccc4cc(-c5cccc6ccccc56)ccc4c3)n2)cc1. The van der Waals surface area contributed by atoms with E-state index in [2.05, 4.69) is 146 Å². The fourth-order valence-electron chi connectivity index (χ4n) is 6.79. The Morgan fingerprint density at radius 1 is 0.240 bits per heavy atom. The summed E-state index contributed by atoms with van der Waals surface area (Å²) < 4.78 is 0. The lowest BCUT2D eigenvalue weighted by Gasteiger charge is -2.14. The molecule has 1 aromatic heterocycles. The Balaban J connectivity index is 1.17. The molecule has 0 saturated carbocycles. The average Bonchev–Trinajstić information content (AvgIpc) is 3.21. The summed E-state index contributed by atoms with van der Waals surface area (Å²) in [5, 5.41) is 4.80. The van der Waals surface area contributed by atoms with Crippen molar-refractivity contribution >= 4 is 21.5 Å². The summed E-state index contributed by atoms with van der Waals surface area (Å²) >= 11 is 0. The van der Waals surface area contributed by atoms with Gasteiger partial charge in [0.15, 0.2) is 17.5 Å². The van der Waals surface area contributed by atoms with E-state index in [1.54, 1.807) is 0 Å². The highest BCUT2D eigenvalue weighted by atomic mass is 15.0. The molecule has 0 aliphatic carbocycles. The lowest BCUT2D eigenvalue weighted by atomic mass is 9.92. The molecule has 234 valence electrons. The molecule has 1 heterocycles. The average molecular weight is 638 g/mol. The third kappa shape index (κ3) is 5.61. The summed E-state index contributed by atoms with van der Waals surface area (Å²) in [4.78, 5) is 15.2. The molecule has 0 aliphatic rings. The van der Waals surface area contributed by atoms with Crippen molar-refractivity contribution in [2.24, 2.45) is 0 Å². The van der Waals surface area contributed by atoms with Crippen molar-refractivity contribution < 1.29 is 0 Å². The number of hydrogen-bond acceptors (Lipinski definition) is 3. The molecule has 3 nitrogen and oxygen atoms in total. The van der Waals surface area contributed by atoms with Crippen LogP contribution in [0.15, 0.2) is 188 Å². The molecular weight excluding hydrogens is 607 g/mol. The van der Waals surface area contributed by atoms with Gasteiger partial charge in [-0.05, 0) is 73.1 Å². The molecule has 0 amide bonds. The largest absolute Gasteiger partial charge is 0.208 e. The highest BCUT2D eigenvalue weighted by Crippen LogP contribution is 2.37. The summed E-state index contributed by atoms with van der Waals surface area (Å²) in [5.41, 5.74) is 9.86. The molecule has 0 spiro atoms. The highest BCUT2D eigenvalue weighted by molar-refractivity contribution is 5.99. The van der Waals surface area contributed by atoms with Crippen LogP contribution in [-0.4, -0.2) is 15.0 Å². The maximum Gasteiger partial charge on any atom is 0.164 e. The van der Waals surface area contributed by atoms with E-state index in [0.717, 1.165) is 38.8 Å². The number of benzene rings is 8. The van der Waals surface area contributed by atoms with E-state index in [4.69, 9.17) is 15.0 Å². The molecule has 3 heteroatoms. The molecule has 0 bridgehead atoms. The van der Waals surface area contributed by atoms with Gasteiger partial charge in [-0.1, -0.05) is 170 Å². The van der Waals surface area contributed by atoms with Gasteiger partial charge in [-0.15, -0.1) is 0 Å². The molecule has 0 atom stereocenters. The molecule has 0 aliphatic heterocycles. The summed E-state index contributed by atoms with van der Waals surface area (Å²) in [6.07, 6.45) is 0. The first-order valence-corrected chi connectivity index (χ1v) is 16.9. The van der Waals surface area contributed by atoms with Gasteiger partial charge in [-0.3, -0.25) is 0 Å². The summed E-state index contributed by atoms with van der Waals surface area (Å²) in [6, 6.07) is 65.9. The van der Waals surface area contributed by atoms with Crippen molar-refractivity contribution in [3.8, 4) is 67.5 Å². The Hall–Kier alpha value is -6.71. The summed E-state index contributed by atoms with van der Waals surface area (Å²) in [7, 11) is 0. The minimum Gasteiger partial charge on any atom is -0.208 e. The third-order valence-corrected chi connectivity index (χ3v) is 9.31. The molecular formula is C47H31N3. The zero-order chi connectivity index (χ0) is 33.3. The Morgan fingerprint density at radius 3 is 1.40 bits per heavy atom. The molecule has 9 aromatic rings. The lowest BCUT2D eigenvalue weighted by Crippen LogP contribution is -2.00. The molecule has 0 radical (unpaired) electrons. The van der Waals surface area contributed by atoms with Crippen LogP contribution in [0.5, 0.6) is 0 Å². The Morgan fingerprint density at radius 2 is 0.720 bits per heavy atom. The van der Waals surface area contributed by atoms with Crippen molar-refractivity contribution in [2.75, 3.05) is 0 Å². The minimum absolute atomic E-state index is 0.636. The molecule has 8 aromatic carbocycles. The van der Waals surface area contributed by atoms with E-state index in [-0.39, 0.29) is 0 Å². The van der Waals surface area contributed by atoms with Crippen LogP contribution in [0.3, 0.4) is 0 Å². The van der Waals surface area contributed by atoms with E-state index in [0.29, 0.717) is 17.5 Å². The van der Waals surface area contributed by atoms with Crippen LogP contribution in [0, 0.1) is 0 Å². The molecule has 0 saturated heterocycles. The van der Waals surface area contributed by atoms with Crippen LogP contribution in [0.4, 0.5) is 0 Å². The van der Waals surface area contributed by atoms with Gasteiger partial charge in [0.25, 0.3) is 0 Å². The van der Waals surface area contributed by atoms with Gasteiger partial charge in [-0.2, -0.15) is 0 Å². The van der Waals surface area contributed by atoms with Crippen molar-refractivity contribution in [1.82, 2.24) is 15.0 Å². The summed E-state index contributed by atoms with van der Waals surface area (Å²) in [5.74, 6) is 1.92. The van der Waals surface area contributed by atoms with E-state index < -0.39 is 0 Å². The quantitative estimate of drug-likeness (QED) is 0.182. The zero-order valence-corrected chi connectivity index (χ0v) is 27.2. The molecule has 0 N–H and O–H groups in total. The predicted octanol–water partition coefficient (Wildman–Crippen LogP) is 12.2. The van der Waals surface area contributed by atoms with Crippen molar-refractivity contribution in [3.63, 3.8) is 0 Å². The monoisotopic (exact) mass is 637 g/mol. The second-order valence-electron chi connectivity index (χ2n) is 12.5. The topological polar surface area (TPSA) is 38.7 Å². The predicted molar refractivity (Wildman–Crippen MR) is 207 cm³/mol. The van der Waals surface area contributed by atoms with Crippen LogP contribution in [0.25, 0.3) is 89.1 Å². The minimum atomic E-state index is 0.636. The Labute approximate surface area is 291 Å². The maximum atomic E-state index is 5.12. The van der Waals surface area contributed by atoms with Gasteiger partial charge < -0.3 is 0 Å². The molecule has 0 fully saturated rings. The van der Waals surface area contributed by atoms with E-state index in [9.17, 15) is 0 Å². The van der Waals surface area contributed by atoms with Crippen molar-refractivity contribution in [2.45, 2.75) is 0 Å². The number of fused-ring (bicyclic) bond motifs is 2. The van der Waals surface area contributed by atoms with E-state index >= 15 is 0 Å². The summed E-state index contributed by atoms with van der Waals surface area (Å²) in [6.45, 7) is 0. The first-order valence-electron chi connectivity index (χ1n) is 16.9. The normalized spacial score (nSPS) is 11.2. The second-order valence-corrected chi connectivity index (χ2v) is 12.5. The van der Waals surface area contributed by atoms with Gasteiger partial charge in [0.05, 0.1) is 0 Å². The number of aromatic nitrogens is 3. The van der Waals surface area contributed by atoms with Crippen LogP contribution in [0.1, 0.15) is 0 Å². The van der Waals surface area contributed by atoms with Crippen LogP contribution < -0.4 is 0 Å². The standard InChI is InChI=1S/C47H31N3/c1-4-13-32(14-5-1)43-28-27-40(31-44(43)34-15-6-2-7-16-34)47-49-45(35-18-8-3-9-19-35)48-46(50-47)39-26-24-36-29-38(25-23-37(36)30-39)42-22-12-20-33-17-10-11-21-41(33)42/h1-31H. The number of hydrogen-bond donors (Lipinski definition) is 0. The molecule has 9 rings (SSSR count). The van der Waals surface area contributed by atoms with Crippen LogP contribution >= 0.6 is 0 Å². The third-order valence-electron chi connectivity index (χ3n) is 9.31. The Bertz CT molecular complexity index is 2630. The van der Waals surface area contributed by atoms with Crippen molar-refractivity contribution in [1.29, 1.82) is 0 Å². The molecule has 0 unspecified atom stereocenters. The smallest absolute Gasteiger partial charge is 0.164 e. The second kappa shape index (κ2) is 12.7. The fourth-order valence-corrected chi connectivity index (χ4v) is 6.79. The number of nitrogens with zero attached hydrogens (tertiary/aromatic N) is 3. The van der Waals surface area contributed by atoms with Gasteiger partial charge in [-0.25, -0.2) is 15.0 Å². The fraction of sp³-hybridized carbons (Fsp3) is 0. The number of rotatable bonds is 6. The maximum absolute atomic E-state index is 5.12. The molecule has 50 heavy (non-hydrogen) atoms. The van der Waals surface area contributed by atoms with Gasteiger partial charge in [0.2, 0.25) is 0 Å². The van der Waals surface area contributed by atoms with Crippen LogP contribution in [-0.2, 0) is 0 Å².